The fraction of sp³-hybridized carbons (Fsp3) is 0.381. The molecule has 138 valence electrons. The molecule has 1 atom stereocenters. The van der Waals surface area contributed by atoms with E-state index in [1.807, 2.05) is 25.3 Å². The number of benzene rings is 1. The summed E-state index contributed by atoms with van der Waals surface area (Å²) in [7, 11) is 0. The van der Waals surface area contributed by atoms with Crippen molar-refractivity contribution < 1.29 is 4.74 Å². The molecule has 6 heteroatoms. The number of fused-ring (bicyclic) bond motifs is 1. The molecule has 0 saturated carbocycles. The molecule has 5 rings (SSSR count). The van der Waals surface area contributed by atoms with Crippen molar-refractivity contribution in [1.29, 1.82) is 0 Å². The quantitative estimate of drug-likeness (QED) is 0.702. The average Bonchev–Trinajstić information content (AvgIpc) is 3.27. The van der Waals surface area contributed by atoms with E-state index in [0.717, 1.165) is 43.4 Å². The van der Waals surface area contributed by atoms with Gasteiger partial charge in [-0.2, -0.15) is 5.10 Å². The molecule has 27 heavy (non-hydrogen) atoms. The Morgan fingerprint density at radius 1 is 1.07 bits per heavy atom. The molecule has 0 unspecified atom stereocenters. The molecule has 1 spiro atoms. The van der Waals surface area contributed by atoms with Gasteiger partial charge in [-0.05, 0) is 38.5 Å². The molecule has 0 radical (unpaired) electrons. The molecule has 2 aliphatic rings. The van der Waals surface area contributed by atoms with Gasteiger partial charge in [0.05, 0.1) is 30.7 Å². The Balaban J connectivity index is 1.43. The van der Waals surface area contributed by atoms with E-state index in [9.17, 15) is 0 Å². The smallest absolute Gasteiger partial charge is 0.151 e. The molecule has 0 N–H and O–H groups in total. The lowest BCUT2D eigenvalue weighted by atomic mass is 10.0. The van der Waals surface area contributed by atoms with Gasteiger partial charge in [0, 0.05) is 12.1 Å². The first kappa shape index (κ1) is 16.4. The molecular formula is C21H23N5O. The summed E-state index contributed by atoms with van der Waals surface area (Å²) < 4.78 is 8.66. The maximum atomic E-state index is 6.33. The van der Waals surface area contributed by atoms with Crippen molar-refractivity contribution in [2.75, 3.05) is 18.0 Å². The van der Waals surface area contributed by atoms with Gasteiger partial charge < -0.3 is 14.2 Å². The van der Waals surface area contributed by atoms with Crippen LogP contribution < -0.4 is 4.90 Å². The van der Waals surface area contributed by atoms with Gasteiger partial charge in [-0.3, -0.25) is 0 Å². The minimum Gasteiger partial charge on any atom is -0.363 e. The molecule has 6 nitrogen and oxygen atoms in total. The highest BCUT2D eigenvalue weighted by molar-refractivity contribution is 5.60. The highest BCUT2D eigenvalue weighted by Gasteiger charge is 2.43. The average molecular weight is 361 g/mol. The molecular weight excluding hydrogens is 338 g/mol. The Morgan fingerprint density at radius 3 is 2.81 bits per heavy atom. The van der Waals surface area contributed by atoms with Crippen LogP contribution >= 0.6 is 0 Å². The van der Waals surface area contributed by atoms with Crippen LogP contribution in [-0.2, 0) is 17.9 Å². The van der Waals surface area contributed by atoms with Crippen LogP contribution in [0.3, 0.4) is 0 Å². The summed E-state index contributed by atoms with van der Waals surface area (Å²) in [6.07, 6.45) is 2.96. The lowest BCUT2D eigenvalue weighted by Gasteiger charge is -2.35. The van der Waals surface area contributed by atoms with Crippen molar-refractivity contribution in [3.8, 4) is 11.3 Å². The Bertz CT molecular complexity index is 980. The van der Waals surface area contributed by atoms with Crippen LogP contribution in [0.1, 0.15) is 23.5 Å². The first-order valence-electron chi connectivity index (χ1n) is 9.43. The first-order chi connectivity index (χ1) is 13.1. The Morgan fingerprint density at radius 2 is 2.00 bits per heavy atom. The number of aryl methyl sites for hydroxylation is 2. The van der Waals surface area contributed by atoms with Crippen LogP contribution in [0.4, 0.5) is 5.82 Å². The Labute approximate surface area is 158 Å². The monoisotopic (exact) mass is 361 g/mol. The van der Waals surface area contributed by atoms with Crippen molar-refractivity contribution >= 4 is 5.82 Å². The summed E-state index contributed by atoms with van der Waals surface area (Å²) in [6, 6.07) is 12.7. The molecule has 0 amide bonds. The van der Waals surface area contributed by atoms with Gasteiger partial charge in [-0.15, -0.1) is 5.10 Å². The van der Waals surface area contributed by atoms with Crippen molar-refractivity contribution in [2.24, 2.45) is 0 Å². The summed E-state index contributed by atoms with van der Waals surface area (Å²) in [5.41, 5.74) is 4.39. The lowest BCUT2D eigenvalue weighted by Crippen LogP contribution is -2.44. The van der Waals surface area contributed by atoms with Gasteiger partial charge in [0.1, 0.15) is 18.0 Å². The third-order valence-corrected chi connectivity index (χ3v) is 5.63. The third-order valence-electron chi connectivity index (χ3n) is 5.63. The SMILES string of the molecule is Cc1cccc(-c2cnc3n2C[C@]2(CCN(c4ccc(C)nn4)C2)OC3)c1. The first-order valence-corrected chi connectivity index (χ1v) is 9.43. The van der Waals surface area contributed by atoms with Gasteiger partial charge in [0.25, 0.3) is 0 Å². The van der Waals surface area contributed by atoms with Gasteiger partial charge >= 0.3 is 0 Å². The fourth-order valence-electron chi connectivity index (χ4n) is 4.14. The van der Waals surface area contributed by atoms with E-state index in [0.29, 0.717) is 6.61 Å². The summed E-state index contributed by atoms with van der Waals surface area (Å²) in [5.74, 6) is 1.93. The van der Waals surface area contributed by atoms with Crippen molar-refractivity contribution in [3.05, 3.63) is 59.7 Å². The normalized spacial score (nSPS) is 21.6. The molecule has 0 bridgehead atoms. The van der Waals surface area contributed by atoms with Crippen LogP contribution in [0.25, 0.3) is 11.3 Å². The number of ether oxygens (including phenoxy) is 1. The summed E-state index contributed by atoms with van der Waals surface area (Å²) in [6.45, 7) is 7.22. The van der Waals surface area contributed by atoms with Crippen molar-refractivity contribution in [1.82, 2.24) is 19.7 Å². The molecule has 3 aromatic rings. The lowest BCUT2D eigenvalue weighted by molar-refractivity contribution is -0.0748. The highest BCUT2D eigenvalue weighted by Crippen LogP contribution is 2.36. The Kier molecular flexibility index (Phi) is 3.75. The zero-order valence-corrected chi connectivity index (χ0v) is 15.7. The van der Waals surface area contributed by atoms with Gasteiger partial charge in [0.15, 0.2) is 5.82 Å². The largest absolute Gasteiger partial charge is 0.363 e. The van der Waals surface area contributed by atoms with Crippen LogP contribution in [0.15, 0.2) is 42.6 Å². The van der Waals surface area contributed by atoms with E-state index in [-0.39, 0.29) is 5.60 Å². The molecule has 1 saturated heterocycles. The van der Waals surface area contributed by atoms with Crippen LogP contribution in [0.5, 0.6) is 0 Å². The number of rotatable bonds is 2. The maximum absolute atomic E-state index is 6.33. The topological polar surface area (TPSA) is 56.1 Å². The molecule has 2 aliphatic heterocycles. The van der Waals surface area contributed by atoms with Gasteiger partial charge in [0.2, 0.25) is 0 Å². The second-order valence-electron chi connectivity index (χ2n) is 7.69. The van der Waals surface area contributed by atoms with E-state index in [1.165, 1.54) is 16.8 Å². The van der Waals surface area contributed by atoms with E-state index in [1.54, 1.807) is 0 Å². The van der Waals surface area contributed by atoms with Gasteiger partial charge in [-0.25, -0.2) is 4.98 Å². The molecule has 4 heterocycles. The predicted octanol–water partition coefficient (Wildman–Crippen LogP) is 3.14. The van der Waals surface area contributed by atoms with Crippen molar-refractivity contribution in [2.45, 2.75) is 39.0 Å². The summed E-state index contributed by atoms with van der Waals surface area (Å²) in [5, 5.41) is 8.55. The number of hydrogen-bond donors (Lipinski definition) is 0. The Hall–Kier alpha value is -2.73. The number of imidazole rings is 1. The minimum atomic E-state index is -0.196. The number of aromatic nitrogens is 4. The number of anilines is 1. The van der Waals surface area contributed by atoms with Crippen LogP contribution in [0, 0.1) is 13.8 Å². The van der Waals surface area contributed by atoms with E-state index in [2.05, 4.69) is 55.8 Å². The van der Waals surface area contributed by atoms with E-state index < -0.39 is 0 Å². The standard InChI is InChI=1S/C21H23N5O/c1-15-4-3-5-17(10-15)18-11-22-20-12-27-21(14-26(18)20)8-9-25(13-21)19-7-6-16(2)23-24-19/h3-7,10-11H,8-9,12-14H2,1-2H3/t21-/m1/s1. The van der Waals surface area contributed by atoms with E-state index in [4.69, 9.17) is 4.74 Å². The maximum Gasteiger partial charge on any atom is 0.151 e. The predicted molar refractivity (Wildman–Crippen MR) is 104 cm³/mol. The van der Waals surface area contributed by atoms with Crippen LogP contribution in [0.2, 0.25) is 0 Å². The zero-order chi connectivity index (χ0) is 18.4. The highest BCUT2D eigenvalue weighted by atomic mass is 16.5. The van der Waals surface area contributed by atoms with Crippen LogP contribution in [-0.4, -0.2) is 38.4 Å². The molecule has 0 aliphatic carbocycles. The number of hydrogen-bond acceptors (Lipinski definition) is 5. The number of nitrogens with zero attached hydrogens (tertiary/aromatic N) is 5. The molecule has 1 aromatic carbocycles. The summed E-state index contributed by atoms with van der Waals surface area (Å²) >= 11 is 0. The molecule has 2 aromatic heterocycles. The third kappa shape index (κ3) is 2.90. The van der Waals surface area contributed by atoms with Crippen molar-refractivity contribution in [3.63, 3.8) is 0 Å². The second kappa shape index (κ2) is 6.16. The zero-order valence-electron chi connectivity index (χ0n) is 15.7. The fourth-order valence-corrected chi connectivity index (χ4v) is 4.14. The second-order valence-corrected chi connectivity index (χ2v) is 7.69. The van der Waals surface area contributed by atoms with E-state index >= 15 is 0 Å². The summed E-state index contributed by atoms with van der Waals surface area (Å²) in [4.78, 5) is 6.88. The van der Waals surface area contributed by atoms with Gasteiger partial charge in [-0.1, -0.05) is 23.8 Å². The molecule has 1 fully saturated rings. The minimum absolute atomic E-state index is 0.196.